The molecule has 1 aromatic heterocycles. The van der Waals surface area contributed by atoms with Crippen molar-refractivity contribution in [1.82, 2.24) is 5.32 Å². The number of hydrogen-bond donors (Lipinski definition) is 2. The van der Waals surface area contributed by atoms with E-state index >= 15 is 0 Å². The highest BCUT2D eigenvalue weighted by Gasteiger charge is 2.34. The largest absolute Gasteiger partial charge is 0.491 e. The van der Waals surface area contributed by atoms with E-state index in [1.54, 1.807) is 30.3 Å². The lowest BCUT2D eigenvalue weighted by molar-refractivity contribution is -0.137. The number of furan rings is 1. The molecule has 1 amide bonds. The molecule has 8 nitrogen and oxygen atoms in total. The number of amides is 1. The van der Waals surface area contributed by atoms with Gasteiger partial charge in [0.2, 0.25) is 10.0 Å². The fourth-order valence-corrected chi connectivity index (χ4v) is 6.28. The van der Waals surface area contributed by atoms with E-state index in [0.717, 1.165) is 42.4 Å². The molecule has 1 fully saturated rings. The first-order chi connectivity index (χ1) is 19.8. The monoisotopic (exact) mass is 598 g/mol. The zero-order valence-electron chi connectivity index (χ0n) is 22.7. The van der Waals surface area contributed by atoms with Gasteiger partial charge in [-0.25, -0.2) is 8.42 Å². The van der Waals surface area contributed by atoms with Gasteiger partial charge in [0.15, 0.2) is 0 Å². The van der Waals surface area contributed by atoms with Gasteiger partial charge in [0.05, 0.1) is 36.2 Å². The van der Waals surface area contributed by atoms with Crippen LogP contribution < -0.4 is 15.1 Å². The summed E-state index contributed by atoms with van der Waals surface area (Å²) in [5.41, 5.74) is 3.04. The molecule has 0 saturated heterocycles. The van der Waals surface area contributed by atoms with Gasteiger partial charge in [0, 0.05) is 24.1 Å². The molecule has 0 atom stereocenters. The first kappa shape index (κ1) is 28.3. The summed E-state index contributed by atoms with van der Waals surface area (Å²) in [6.45, 7) is 0.203. The Kier molecular flexibility index (Phi) is 6.86. The smallest absolute Gasteiger partial charge is 0.455 e. The third-order valence-electron chi connectivity index (χ3n) is 7.64. The van der Waals surface area contributed by atoms with Gasteiger partial charge >= 0.3 is 13.3 Å². The van der Waals surface area contributed by atoms with Crippen molar-refractivity contribution in [3.05, 3.63) is 82.4 Å². The maximum absolute atomic E-state index is 13.2. The lowest BCUT2D eigenvalue weighted by Crippen LogP contribution is -2.30. The number of anilines is 1. The Balaban J connectivity index is 1.49. The minimum Gasteiger partial charge on any atom is -0.455 e. The van der Waals surface area contributed by atoms with Gasteiger partial charge < -0.3 is 19.4 Å². The molecule has 13 heteroatoms. The number of nitrogens with one attached hydrogen (secondary N) is 1. The van der Waals surface area contributed by atoms with Crippen molar-refractivity contribution in [1.29, 1.82) is 0 Å². The summed E-state index contributed by atoms with van der Waals surface area (Å²) in [5.74, 6) is -0.310. The SMILES string of the molecule is CNC(=O)c1c(-c2ccc(C(F)(F)F)cc2)oc2cc(N(Cc3ccc4c(c3)COB4O)S(C)(=O)=O)cc(C3CC3)c12. The molecule has 4 aromatic rings. The van der Waals surface area contributed by atoms with Crippen LogP contribution in [-0.4, -0.2) is 39.8 Å². The van der Waals surface area contributed by atoms with Crippen LogP contribution in [0.4, 0.5) is 18.9 Å². The van der Waals surface area contributed by atoms with Crippen LogP contribution in [0, 0.1) is 0 Å². The molecule has 0 unspecified atom stereocenters. The molecule has 2 N–H and O–H groups in total. The van der Waals surface area contributed by atoms with Crippen LogP contribution in [0.5, 0.6) is 0 Å². The maximum Gasteiger partial charge on any atom is 0.491 e. The molecular weight excluding hydrogens is 572 g/mol. The predicted molar refractivity (Wildman–Crippen MR) is 152 cm³/mol. The van der Waals surface area contributed by atoms with Crippen LogP contribution >= 0.6 is 0 Å². The summed E-state index contributed by atoms with van der Waals surface area (Å²) >= 11 is 0. The lowest BCUT2D eigenvalue weighted by atomic mass is 9.79. The number of fused-ring (bicyclic) bond motifs is 2. The molecule has 1 saturated carbocycles. The Hall–Kier alpha value is -3.81. The topological polar surface area (TPSA) is 109 Å². The molecule has 42 heavy (non-hydrogen) atoms. The third kappa shape index (κ3) is 5.16. The highest BCUT2D eigenvalue weighted by atomic mass is 32.2. The average Bonchev–Trinajstić information content (AvgIpc) is 3.62. The quantitative estimate of drug-likeness (QED) is 0.303. The highest BCUT2D eigenvalue weighted by molar-refractivity contribution is 7.92. The van der Waals surface area contributed by atoms with Crippen molar-refractivity contribution in [3.63, 3.8) is 0 Å². The molecule has 2 heterocycles. The summed E-state index contributed by atoms with van der Waals surface area (Å²) in [6, 6.07) is 12.9. The van der Waals surface area contributed by atoms with Crippen LogP contribution in [0.1, 0.15) is 51.4 Å². The van der Waals surface area contributed by atoms with Crippen molar-refractivity contribution >= 4 is 45.2 Å². The van der Waals surface area contributed by atoms with Gasteiger partial charge in [0.25, 0.3) is 5.91 Å². The van der Waals surface area contributed by atoms with Gasteiger partial charge in [-0.3, -0.25) is 9.10 Å². The van der Waals surface area contributed by atoms with E-state index in [2.05, 4.69) is 5.32 Å². The number of carbonyl (C=O) groups is 1. The molecular formula is C29H26BF3N2O6S. The number of sulfonamides is 1. The van der Waals surface area contributed by atoms with Crippen LogP contribution in [0.25, 0.3) is 22.3 Å². The summed E-state index contributed by atoms with van der Waals surface area (Å²) in [6.07, 6.45) is -1.76. The Labute approximate surface area is 240 Å². The molecule has 1 aliphatic carbocycles. The fourth-order valence-electron chi connectivity index (χ4n) is 5.41. The van der Waals surface area contributed by atoms with Gasteiger partial charge in [0.1, 0.15) is 11.3 Å². The van der Waals surface area contributed by atoms with Gasteiger partial charge in [-0.1, -0.05) is 30.3 Å². The Bertz CT molecular complexity index is 1820. The summed E-state index contributed by atoms with van der Waals surface area (Å²) < 4.78 is 78.4. The average molecular weight is 598 g/mol. The van der Waals surface area contributed by atoms with Gasteiger partial charge in [-0.15, -0.1) is 0 Å². The van der Waals surface area contributed by atoms with Crippen molar-refractivity contribution in [2.75, 3.05) is 17.6 Å². The zero-order chi connectivity index (χ0) is 30.0. The molecule has 0 bridgehead atoms. The normalized spacial score (nSPS) is 15.2. The van der Waals surface area contributed by atoms with Crippen LogP contribution in [-0.2, 0) is 34.0 Å². The first-order valence-corrected chi connectivity index (χ1v) is 15.1. The van der Waals surface area contributed by atoms with Crippen molar-refractivity contribution in [2.24, 2.45) is 0 Å². The second-order valence-electron chi connectivity index (χ2n) is 10.6. The predicted octanol–water partition coefficient (Wildman–Crippen LogP) is 4.54. The summed E-state index contributed by atoms with van der Waals surface area (Å²) in [5, 5.41) is 13.0. The van der Waals surface area contributed by atoms with Crippen LogP contribution in [0.15, 0.2) is 59.0 Å². The standard InChI is InChI=1S/C29H26BF3N2O6S/c1-34-28(36)26-25-22(17-4-5-17)12-21(13-24(25)41-27(26)18-6-8-20(9-7-18)29(31,32)33)35(42(2,38)39)14-16-3-10-23-19(11-16)15-40-30(23)37/h3,6-13,17,37H,4-5,14-15H2,1-2H3,(H,34,36). The Morgan fingerprint density at radius 3 is 2.45 bits per heavy atom. The summed E-state index contributed by atoms with van der Waals surface area (Å²) in [7, 11) is -3.37. The molecule has 218 valence electrons. The van der Waals surface area contributed by atoms with Crippen molar-refractivity contribution in [2.45, 2.75) is 38.1 Å². The minimum absolute atomic E-state index is 0.00735. The summed E-state index contributed by atoms with van der Waals surface area (Å²) in [4.78, 5) is 13.2. The van der Waals surface area contributed by atoms with E-state index in [1.807, 2.05) is 0 Å². The number of halogens is 3. The van der Waals surface area contributed by atoms with E-state index in [4.69, 9.17) is 9.07 Å². The molecule has 0 radical (unpaired) electrons. The number of nitrogens with zero attached hydrogens (tertiary/aromatic N) is 1. The van der Waals surface area contributed by atoms with Crippen molar-refractivity contribution < 1.29 is 40.5 Å². The highest BCUT2D eigenvalue weighted by Crippen LogP contribution is 2.48. The Morgan fingerprint density at radius 2 is 1.83 bits per heavy atom. The number of rotatable bonds is 7. The fraction of sp³-hybridized carbons (Fsp3) is 0.276. The van der Waals surface area contributed by atoms with E-state index in [1.165, 1.54) is 23.5 Å². The second kappa shape index (κ2) is 10.2. The minimum atomic E-state index is -4.52. The van der Waals surface area contributed by atoms with E-state index in [-0.39, 0.29) is 41.5 Å². The van der Waals surface area contributed by atoms with Crippen molar-refractivity contribution in [3.8, 4) is 11.3 Å². The maximum atomic E-state index is 13.2. The number of benzene rings is 3. The first-order valence-electron chi connectivity index (χ1n) is 13.2. The van der Waals surface area contributed by atoms with Gasteiger partial charge in [-0.05, 0) is 59.1 Å². The second-order valence-corrected chi connectivity index (χ2v) is 12.5. The number of hydrogen-bond acceptors (Lipinski definition) is 6. The molecule has 2 aliphatic rings. The molecule has 1 aliphatic heterocycles. The number of alkyl halides is 3. The van der Waals surface area contributed by atoms with E-state index in [9.17, 15) is 31.4 Å². The number of carbonyl (C=O) groups excluding carboxylic acids is 1. The molecule has 6 rings (SSSR count). The molecule has 3 aromatic carbocycles. The van der Waals surface area contributed by atoms with Crippen LogP contribution in [0.3, 0.4) is 0 Å². The lowest BCUT2D eigenvalue weighted by Gasteiger charge is -2.24. The third-order valence-corrected chi connectivity index (χ3v) is 8.78. The van der Waals surface area contributed by atoms with E-state index in [0.29, 0.717) is 22.1 Å². The van der Waals surface area contributed by atoms with Gasteiger partial charge in [-0.2, -0.15) is 13.2 Å². The zero-order valence-corrected chi connectivity index (χ0v) is 23.5. The van der Waals surface area contributed by atoms with E-state index < -0.39 is 34.8 Å². The molecule has 0 spiro atoms. The Morgan fingerprint density at radius 1 is 1.12 bits per heavy atom. The van der Waals surface area contributed by atoms with Crippen LogP contribution in [0.2, 0.25) is 0 Å².